The van der Waals surface area contributed by atoms with E-state index in [0.717, 1.165) is 0 Å². The molecule has 7 atom stereocenters. The number of imide groups is 1. The molecule has 3 amide bonds. The third-order valence-corrected chi connectivity index (χ3v) is 10.5. The molecule has 7 N–H and O–H groups in total. The van der Waals surface area contributed by atoms with Crippen LogP contribution in [0.25, 0.3) is 11.2 Å². The van der Waals surface area contributed by atoms with Crippen LogP contribution < -0.4 is 26.2 Å². The van der Waals surface area contributed by atoms with Crippen molar-refractivity contribution in [2.45, 2.75) is 69.9 Å². The van der Waals surface area contributed by atoms with Crippen molar-refractivity contribution < 1.29 is 47.9 Å². The number of nitrogen functional groups attached to an aromatic ring is 1. The lowest BCUT2D eigenvalue weighted by Gasteiger charge is -2.27. The van der Waals surface area contributed by atoms with Gasteiger partial charge in [-0.2, -0.15) is 9.97 Å². The van der Waals surface area contributed by atoms with Crippen molar-refractivity contribution in [1.82, 2.24) is 35.2 Å². The van der Waals surface area contributed by atoms with Crippen LogP contribution in [0.3, 0.4) is 0 Å². The van der Waals surface area contributed by atoms with Gasteiger partial charge in [-0.25, -0.2) is 14.9 Å². The van der Waals surface area contributed by atoms with Gasteiger partial charge in [0.05, 0.1) is 26.1 Å². The number of imidazole rings is 1. The molecule has 0 aromatic carbocycles. The van der Waals surface area contributed by atoms with Crippen LogP contribution in [-0.4, -0.2) is 103 Å². The Hall–Kier alpha value is -3.06. The predicted molar refractivity (Wildman–Crippen MR) is 147 cm³/mol. The summed E-state index contributed by atoms with van der Waals surface area (Å²) in [5, 5.41) is 29.3. The summed E-state index contributed by atoms with van der Waals surface area (Å²) in [5.74, 6) is -1.53. The number of carbonyl (C=O) groups is 3. The van der Waals surface area contributed by atoms with Crippen LogP contribution in [0.5, 0.6) is 5.88 Å². The molecule has 0 saturated carbocycles. The summed E-state index contributed by atoms with van der Waals surface area (Å²) in [5.41, 5.74) is 4.26. The zero-order valence-corrected chi connectivity index (χ0v) is 25.0. The summed E-state index contributed by atoms with van der Waals surface area (Å²) in [7, 11) is 1.38. The minimum atomic E-state index is -4.04. The number of methoxy groups -OCH3 is 1. The van der Waals surface area contributed by atoms with Gasteiger partial charge in [0.15, 0.2) is 17.4 Å². The average Bonchev–Trinajstić information content (AvgIpc) is 3.53. The topological polar surface area (TPSA) is 251 Å². The average molecular weight is 633 g/mol. The standard InChI is InChI=1S/C22H33N8O10PS/c1-9(2)39-18(33)10(3)29-41(36,42-7-11-16(32)27-21(34)25-11)38-6-12-14(31)22(4,35)19(40-12)30-8-24-13-15(30)26-20(23)28-17(13)37-5/h8-12,14,19,31,35H,6-7H2,1-5H3,(H,29,36)(H2,23,26,28)(H2,25,27,32,34)/t10-,11?,12+,14+,19+,22+,41+/m0/s1. The van der Waals surface area contributed by atoms with E-state index in [9.17, 15) is 29.2 Å². The first kappa shape index (κ1) is 31.9. The molecule has 18 nitrogen and oxygen atoms in total. The second kappa shape index (κ2) is 12.3. The number of anilines is 1. The van der Waals surface area contributed by atoms with Crippen molar-refractivity contribution in [3.63, 3.8) is 0 Å². The molecule has 0 aliphatic carbocycles. The molecule has 2 aliphatic heterocycles. The van der Waals surface area contributed by atoms with Gasteiger partial charge < -0.3 is 40.0 Å². The van der Waals surface area contributed by atoms with Gasteiger partial charge in [-0.15, -0.1) is 0 Å². The van der Waals surface area contributed by atoms with Crippen molar-refractivity contribution >= 4 is 53.1 Å². The maximum atomic E-state index is 13.9. The Morgan fingerprint density at radius 3 is 2.69 bits per heavy atom. The van der Waals surface area contributed by atoms with Gasteiger partial charge in [0.2, 0.25) is 11.8 Å². The maximum Gasteiger partial charge on any atom is 0.327 e. The number of urea groups is 1. The summed E-state index contributed by atoms with van der Waals surface area (Å²) >= 11 is 0.661. The van der Waals surface area contributed by atoms with E-state index in [1.807, 2.05) is 0 Å². The molecule has 0 bridgehead atoms. The van der Waals surface area contributed by atoms with Crippen molar-refractivity contribution in [2.24, 2.45) is 0 Å². The molecule has 2 fully saturated rings. The lowest BCUT2D eigenvalue weighted by Crippen LogP contribution is -2.44. The first-order valence-electron chi connectivity index (χ1n) is 12.7. The van der Waals surface area contributed by atoms with Crippen LogP contribution in [0, 0.1) is 0 Å². The van der Waals surface area contributed by atoms with Gasteiger partial charge >= 0.3 is 18.7 Å². The van der Waals surface area contributed by atoms with Gasteiger partial charge in [0.1, 0.15) is 29.9 Å². The van der Waals surface area contributed by atoms with Gasteiger partial charge in [-0.3, -0.25) is 24.0 Å². The summed E-state index contributed by atoms with van der Waals surface area (Å²) in [6.45, 7) is 1.48. The van der Waals surface area contributed by atoms with Crippen LogP contribution in [0.4, 0.5) is 10.7 Å². The molecule has 2 saturated heterocycles. The Morgan fingerprint density at radius 1 is 1.36 bits per heavy atom. The van der Waals surface area contributed by atoms with Crippen LogP contribution in [-0.2, 0) is 28.2 Å². The Kier molecular flexibility index (Phi) is 9.31. The SMILES string of the molecule is COc1nc(N)nc2c1ncn2[C@@H]1O[C@H](CO[P@](=O)(N[C@@H](C)C(=O)OC(C)C)SCC2NC(=O)NC2=O)[C@@H](O)[C@@]1(C)O. The molecule has 0 radical (unpaired) electrons. The second-order valence-corrected chi connectivity index (χ2v) is 14.4. The fourth-order valence-electron chi connectivity index (χ4n) is 4.25. The first-order chi connectivity index (χ1) is 19.6. The lowest BCUT2D eigenvalue weighted by atomic mass is 9.96. The number of aliphatic hydroxyl groups is 2. The van der Waals surface area contributed by atoms with E-state index < -0.39 is 73.5 Å². The third-order valence-electron chi connectivity index (χ3n) is 6.34. The molecule has 2 aromatic heterocycles. The summed E-state index contributed by atoms with van der Waals surface area (Å²) in [6, 6.07) is -2.80. The number of ether oxygens (including phenoxy) is 3. The van der Waals surface area contributed by atoms with E-state index >= 15 is 0 Å². The van der Waals surface area contributed by atoms with E-state index in [0.29, 0.717) is 11.4 Å². The monoisotopic (exact) mass is 632 g/mol. The largest absolute Gasteiger partial charge is 0.479 e. The highest BCUT2D eigenvalue weighted by Gasteiger charge is 2.54. The van der Waals surface area contributed by atoms with Crippen LogP contribution in [0.15, 0.2) is 6.33 Å². The first-order valence-corrected chi connectivity index (χ1v) is 16.0. The zero-order chi connectivity index (χ0) is 31.0. The van der Waals surface area contributed by atoms with Crippen molar-refractivity contribution in [3.05, 3.63) is 6.33 Å². The number of hydrogen-bond acceptors (Lipinski definition) is 15. The number of esters is 1. The van der Waals surface area contributed by atoms with Crippen molar-refractivity contribution in [3.8, 4) is 5.88 Å². The summed E-state index contributed by atoms with van der Waals surface area (Å²) < 4.78 is 37.2. The Bertz CT molecular complexity index is 1410. The minimum absolute atomic E-state index is 0.0932. The van der Waals surface area contributed by atoms with E-state index in [-0.39, 0.29) is 28.7 Å². The van der Waals surface area contributed by atoms with Crippen LogP contribution in [0.2, 0.25) is 0 Å². The molecule has 1 unspecified atom stereocenters. The van der Waals surface area contributed by atoms with Crippen LogP contribution >= 0.6 is 18.1 Å². The fraction of sp³-hybridized carbons (Fsp3) is 0.636. The predicted octanol–water partition coefficient (Wildman–Crippen LogP) is -0.578. The molecule has 4 rings (SSSR count). The Balaban J connectivity index is 1.53. The number of aliphatic hydroxyl groups excluding tert-OH is 1. The molecule has 2 aromatic rings. The number of aromatic nitrogens is 4. The summed E-state index contributed by atoms with van der Waals surface area (Å²) in [6.07, 6.45) is -3.16. The van der Waals surface area contributed by atoms with E-state index in [4.69, 9.17) is 24.5 Å². The number of nitrogens with two attached hydrogens (primary N) is 1. The van der Waals surface area contributed by atoms with Gasteiger partial charge in [0.25, 0.3) is 5.91 Å². The van der Waals surface area contributed by atoms with E-state index in [1.54, 1.807) is 13.8 Å². The zero-order valence-electron chi connectivity index (χ0n) is 23.3. The quantitative estimate of drug-likeness (QED) is 0.0972. The molecule has 2 aliphatic rings. The lowest BCUT2D eigenvalue weighted by molar-refractivity contribution is -0.149. The Morgan fingerprint density at radius 2 is 2.07 bits per heavy atom. The number of fused-ring (bicyclic) bond motifs is 1. The van der Waals surface area contributed by atoms with Crippen LogP contribution in [0.1, 0.15) is 33.9 Å². The molecule has 42 heavy (non-hydrogen) atoms. The van der Waals surface area contributed by atoms with E-state index in [1.165, 1.54) is 31.9 Å². The number of nitrogens with zero attached hydrogens (tertiary/aromatic N) is 4. The highest BCUT2D eigenvalue weighted by molar-refractivity contribution is 8.56. The third kappa shape index (κ3) is 6.61. The molecule has 4 heterocycles. The Labute approximate surface area is 243 Å². The van der Waals surface area contributed by atoms with E-state index in [2.05, 4.69) is 30.7 Å². The maximum absolute atomic E-state index is 13.9. The number of rotatable bonds is 12. The molecule has 0 spiro atoms. The summed E-state index contributed by atoms with van der Waals surface area (Å²) in [4.78, 5) is 48.2. The number of hydrogen-bond donors (Lipinski definition) is 6. The van der Waals surface area contributed by atoms with Gasteiger partial charge in [0, 0.05) is 5.75 Å². The van der Waals surface area contributed by atoms with Gasteiger partial charge in [-0.05, 0) is 27.7 Å². The minimum Gasteiger partial charge on any atom is -0.479 e. The number of carbonyl (C=O) groups excluding carboxylic acids is 3. The fourth-order valence-corrected chi connectivity index (χ4v) is 8.12. The van der Waals surface area contributed by atoms with Crippen molar-refractivity contribution in [1.29, 1.82) is 0 Å². The van der Waals surface area contributed by atoms with Crippen molar-refractivity contribution in [2.75, 3.05) is 25.2 Å². The smallest absolute Gasteiger partial charge is 0.327 e. The molecule has 20 heteroatoms. The molecule has 232 valence electrons. The number of amides is 3. The molecular weight excluding hydrogens is 599 g/mol. The highest BCUT2D eigenvalue weighted by Crippen LogP contribution is 2.57. The molecular formula is C22H33N8O10PS. The number of nitrogens with one attached hydrogen (secondary N) is 3. The van der Waals surface area contributed by atoms with Gasteiger partial charge in [-0.1, -0.05) is 11.4 Å². The normalized spacial score (nSPS) is 28.0. The highest BCUT2D eigenvalue weighted by atomic mass is 32.7. The second-order valence-electron chi connectivity index (χ2n) is 10.1.